The smallest absolute Gasteiger partial charge is 0.243 e. The maximum absolute atomic E-state index is 13.7. The number of piperazine rings is 1. The number of amides is 1. The summed E-state index contributed by atoms with van der Waals surface area (Å²) in [5.74, 6) is 0.741. The predicted octanol–water partition coefficient (Wildman–Crippen LogP) is 1.96. The Morgan fingerprint density at radius 3 is 2.47 bits per heavy atom. The van der Waals surface area contributed by atoms with Crippen molar-refractivity contribution in [2.75, 3.05) is 46.9 Å². The summed E-state index contributed by atoms with van der Waals surface area (Å²) in [5, 5.41) is 0. The van der Waals surface area contributed by atoms with Crippen LogP contribution in [0.2, 0.25) is 0 Å². The quantitative estimate of drug-likeness (QED) is 0.679. The van der Waals surface area contributed by atoms with E-state index in [4.69, 9.17) is 4.74 Å². The second-order valence-corrected chi connectivity index (χ2v) is 10.5. The van der Waals surface area contributed by atoms with Gasteiger partial charge in [0.2, 0.25) is 15.9 Å². The Hall–Kier alpha value is -1.90. The van der Waals surface area contributed by atoms with Gasteiger partial charge in [-0.15, -0.1) is 0 Å². The molecule has 1 saturated heterocycles. The standard InChI is InChI=1S/C22H31N3O4S/c1-23-14-16-24(17-15-23)21(26)22-11-3-4-13-25(20(22)6-5-12-22)30(27,28)19-9-7-18(29-2)8-10-19/h3-4,7-10,20H,5-6,11-17H2,1-2H3/t20-,22-/m1/s1. The first kappa shape index (κ1) is 21.3. The molecule has 1 aromatic rings. The van der Waals surface area contributed by atoms with Gasteiger partial charge in [-0.25, -0.2) is 8.42 Å². The van der Waals surface area contributed by atoms with E-state index in [1.54, 1.807) is 35.7 Å². The summed E-state index contributed by atoms with van der Waals surface area (Å²) < 4.78 is 33.9. The molecule has 7 nitrogen and oxygen atoms in total. The fourth-order valence-corrected chi connectivity index (χ4v) is 6.80. The number of carbonyl (C=O) groups excluding carboxylic acids is 1. The molecule has 0 unspecified atom stereocenters. The molecule has 8 heteroatoms. The summed E-state index contributed by atoms with van der Waals surface area (Å²) in [6, 6.07) is 6.19. The number of hydrogen-bond acceptors (Lipinski definition) is 5. The number of ether oxygens (including phenoxy) is 1. The van der Waals surface area contributed by atoms with Crippen LogP contribution in [0.5, 0.6) is 5.75 Å². The normalized spacial score (nSPS) is 28.2. The van der Waals surface area contributed by atoms with E-state index in [0.717, 1.165) is 32.4 Å². The Kier molecular flexibility index (Phi) is 5.92. The Balaban J connectivity index is 1.66. The van der Waals surface area contributed by atoms with E-state index in [9.17, 15) is 13.2 Å². The molecule has 0 radical (unpaired) electrons. The van der Waals surface area contributed by atoms with E-state index in [2.05, 4.69) is 11.9 Å². The second kappa shape index (κ2) is 8.32. The molecular weight excluding hydrogens is 402 g/mol. The molecular formula is C22H31N3O4S. The minimum absolute atomic E-state index is 0.125. The zero-order valence-corrected chi connectivity index (χ0v) is 18.6. The highest BCUT2D eigenvalue weighted by Gasteiger charge is 2.55. The number of allylic oxidation sites excluding steroid dienone is 1. The Bertz CT molecular complexity index is 907. The fraction of sp³-hybridized carbons (Fsp3) is 0.591. The van der Waals surface area contributed by atoms with Gasteiger partial charge in [0.1, 0.15) is 5.75 Å². The summed E-state index contributed by atoms with van der Waals surface area (Å²) in [7, 11) is -0.107. The Morgan fingerprint density at radius 1 is 1.10 bits per heavy atom. The van der Waals surface area contributed by atoms with Crippen molar-refractivity contribution in [3.05, 3.63) is 36.4 Å². The first-order chi connectivity index (χ1) is 14.4. The van der Waals surface area contributed by atoms with Crippen molar-refractivity contribution in [3.8, 4) is 5.75 Å². The number of likely N-dealkylation sites (N-methyl/N-ethyl adjacent to an activating group) is 1. The third kappa shape index (κ3) is 3.65. The summed E-state index contributed by atoms with van der Waals surface area (Å²) in [6.45, 7) is 3.43. The lowest BCUT2D eigenvalue weighted by Gasteiger charge is -2.43. The number of carbonyl (C=O) groups is 1. The molecule has 1 saturated carbocycles. The zero-order valence-electron chi connectivity index (χ0n) is 17.8. The highest BCUT2D eigenvalue weighted by Crippen LogP contribution is 2.48. The van der Waals surface area contributed by atoms with E-state index in [-0.39, 0.29) is 16.8 Å². The van der Waals surface area contributed by atoms with Gasteiger partial charge in [-0.05, 0) is 50.6 Å². The van der Waals surface area contributed by atoms with Crippen molar-refractivity contribution in [2.45, 2.75) is 36.6 Å². The summed E-state index contributed by atoms with van der Waals surface area (Å²) in [6.07, 6.45) is 6.84. The lowest BCUT2D eigenvalue weighted by atomic mass is 9.78. The molecule has 30 heavy (non-hydrogen) atoms. The zero-order chi connectivity index (χ0) is 21.4. The summed E-state index contributed by atoms with van der Waals surface area (Å²) in [4.78, 5) is 18.2. The molecule has 3 aliphatic rings. The van der Waals surface area contributed by atoms with Crippen molar-refractivity contribution in [1.82, 2.24) is 14.1 Å². The SMILES string of the molecule is COc1ccc(S(=O)(=O)N2CC=CC[C@@]3(C(=O)N4CCN(C)CC4)CCC[C@@H]23)cc1. The molecule has 2 fully saturated rings. The van der Waals surface area contributed by atoms with Crippen LogP contribution in [-0.4, -0.2) is 81.4 Å². The van der Waals surface area contributed by atoms with Gasteiger partial charge in [0.15, 0.2) is 0 Å². The summed E-state index contributed by atoms with van der Waals surface area (Å²) >= 11 is 0. The topological polar surface area (TPSA) is 70.2 Å². The minimum atomic E-state index is -3.73. The van der Waals surface area contributed by atoms with Gasteiger partial charge in [0, 0.05) is 38.8 Å². The van der Waals surface area contributed by atoms with Crippen molar-refractivity contribution in [2.24, 2.45) is 5.41 Å². The number of methoxy groups -OCH3 is 1. The van der Waals surface area contributed by atoms with Gasteiger partial charge in [-0.1, -0.05) is 18.6 Å². The molecule has 1 amide bonds. The molecule has 0 aromatic heterocycles. The minimum Gasteiger partial charge on any atom is -0.497 e. The second-order valence-electron chi connectivity index (χ2n) is 8.59. The van der Waals surface area contributed by atoms with E-state index in [1.807, 2.05) is 17.1 Å². The number of fused-ring (bicyclic) bond motifs is 1. The molecule has 164 valence electrons. The Morgan fingerprint density at radius 2 is 1.80 bits per heavy atom. The van der Waals surface area contributed by atoms with Gasteiger partial charge < -0.3 is 14.5 Å². The van der Waals surface area contributed by atoms with Gasteiger partial charge in [0.05, 0.1) is 17.4 Å². The van der Waals surface area contributed by atoms with E-state index < -0.39 is 15.4 Å². The van der Waals surface area contributed by atoms with Crippen molar-refractivity contribution in [1.29, 1.82) is 0 Å². The number of benzene rings is 1. The third-order valence-corrected chi connectivity index (χ3v) is 8.79. The fourth-order valence-electron chi connectivity index (χ4n) is 5.12. The predicted molar refractivity (Wildman–Crippen MR) is 115 cm³/mol. The third-order valence-electron chi connectivity index (χ3n) is 6.90. The van der Waals surface area contributed by atoms with Gasteiger partial charge in [-0.3, -0.25) is 4.79 Å². The van der Waals surface area contributed by atoms with Gasteiger partial charge in [0.25, 0.3) is 0 Å². The molecule has 0 N–H and O–H groups in total. The molecule has 1 aromatic carbocycles. The molecule has 0 spiro atoms. The van der Waals surface area contributed by atoms with Crippen molar-refractivity contribution >= 4 is 15.9 Å². The number of sulfonamides is 1. The molecule has 1 aliphatic carbocycles. The van der Waals surface area contributed by atoms with Crippen LogP contribution in [0.25, 0.3) is 0 Å². The monoisotopic (exact) mass is 433 g/mol. The van der Waals surface area contributed by atoms with Crippen LogP contribution in [0.15, 0.2) is 41.3 Å². The van der Waals surface area contributed by atoms with E-state index in [0.29, 0.717) is 31.8 Å². The lowest BCUT2D eigenvalue weighted by Crippen LogP contribution is -2.57. The largest absolute Gasteiger partial charge is 0.497 e. The number of hydrogen-bond donors (Lipinski definition) is 0. The highest BCUT2D eigenvalue weighted by molar-refractivity contribution is 7.89. The number of nitrogens with zero attached hydrogens (tertiary/aromatic N) is 3. The van der Waals surface area contributed by atoms with Crippen molar-refractivity contribution in [3.63, 3.8) is 0 Å². The van der Waals surface area contributed by atoms with Crippen LogP contribution in [0.1, 0.15) is 25.7 Å². The molecule has 2 heterocycles. The maximum atomic E-state index is 13.7. The Labute approximate surface area is 179 Å². The average molecular weight is 434 g/mol. The van der Waals surface area contributed by atoms with Gasteiger partial charge in [-0.2, -0.15) is 4.31 Å². The molecule has 4 rings (SSSR count). The van der Waals surface area contributed by atoms with Crippen LogP contribution >= 0.6 is 0 Å². The van der Waals surface area contributed by atoms with Crippen molar-refractivity contribution < 1.29 is 17.9 Å². The number of rotatable bonds is 4. The van der Waals surface area contributed by atoms with Crippen LogP contribution in [0.3, 0.4) is 0 Å². The lowest BCUT2D eigenvalue weighted by molar-refractivity contribution is -0.145. The van der Waals surface area contributed by atoms with Crippen LogP contribution in [0.4, 0.5) is 0 Å². The maximum Gasteiger partial charge on any atom is 0.243 e. The van der Waals surface area contributed by atoms with Crippen LogP contribution in [0, 0.1) is 5.41 Å². The molecule has 2 atom stereocenters. The van der Waals surface area contributed by atoms with Crippen LogP contribution < -0.4 is 4.74 Å². The summed E-state index contributed by atoms with van der Waals surface area (Å²) in [5.41, 5.74) is -0.664. The first-order valence-corrected chi connectivity index (χ1v) is 12.1. The average Bonchev–Trinajstić information content (AvgIpc) is 3.09. The highest BCUT2D eigenvalue weighted by atomic mass is 32.2. The van der Waals surface area contributed by atoms with Gasteiger partial charge >= 0.3 is 0 Å². The molecule has 2 aliphatic heterocycles. The van der Waals surface area contributed by atoms with E-state index in [1.165, 1.54) is 0 Å². The van der Waals surface area contributed by atoms with Crippen LogP contribution in [-0.2, 0) is 14.8 Å². The first-order valence-electron chi connectivity index (χ1n) is 10.7. The van der Waals surface area contributed by atoms with E-state index >= 15 is 0 Å². The molecule has 0 bridgehead atoms.